The number of pyridine rings is 1. The van der Waals surface area contributed by atoms with E-state index in [4.69, 9.17) is 31.3 Å². The van der Waals surface area contributed by atoms with Gasteiger partial charge in [0, 0.05) is 57.3 Å². The Hall–Kier alpha value is -6.72. The van der Waals surface area contributed by atoms with Crippen molar-refractivity contribution in [2.45, 2.75) is 120 Å². The first-order valence-electron chi connectivity index (χ1n) is 28.8. The van der Waals surface area contributed by atoms with Gasteiger partial charge in [0.2, 0.25) is 0 Å². The van der Waals surface area contributed by atoms with E-state index in [0.717, 1.165) is 44.1 Å². The summed E-state index contributed by atoms with van der Waals surface area (Å²) in [6.07, 6.45) is 4.98. The second kappa shape index (κ2) is 16.6. The van der Waals surface area contributed by atoms with Crippen LogP contribution in [0.3, 0.4) is 0 Å². The molecular formula is C62H66N4O. The van der Waals surface area contributed by atoms with Crippen LogP contribution in [-0.4, -0.2) is 19.3 Å². The minimum absolute atomic E-state index is 0.0110. The van der Waals surface area contributed by atoms with E-state index in [-0.39, 0.29) is 50.0 Å². The van der Waals surface area contributed by atoms with Gasteiger partial charge in [-0.05, 0) is 178 Å². The third-order valence-corrected chi connectivity index (χ3v) is 12.9. The van der Waals surface area contributed by atoms with Crippen LogP contribution in [0.25, 0.3) is 66.7 Å². The van der Waals surface area contributed by atoms with Crippen molar-refractivity contribution in [3.05, 3.63) is 178 Å². The van der Waals surface area contributed by atoms with Crippen molar-refractivity contribution in [3.8, 4) is 56.4 Å². The van der Waals surface area contributed by atoms with Crippen molar-refractivity contribution >= 4 is 21.8 Å². The lowest BCUT2D eigenvalue weighted by atomic mass is 9.82. The maximum atomic E-state index is 8.84. The number of nitrogens with zero attached hydrogens (tertiary/aromatic N) is 4. The highest BCUT2D eigenvalue weighted by Gasteiger charge is 2.22. The summed E-state index contributed by atoms with van der Waals surface area (Å²) in [5.41, 5.74) is 7.39. The fourth-order valence-corrected chi connectivity index (χ4v) is 9.20. The molecule has 0 N–H and O–H groups in total. The van der Waals surface area contributed by atoms with Gasteiger partial charge in [-0.3, -0.25) is 4.57 Å². The number of hydrogen-bond donors (Lipinski definition) is 0. The molecule has 3 heterocycles. The predicted octanol–water partition coefficient (Wildman–Crippen LogP) is 16.9. The van der Waals surface area contributed by atoms with E-state index in [1.807, 2.05) is 121 Å². The molecule has 5 nitrogen and oxygen atoms in total. The molecular weight excluding hydrogens is 817 g/mol. The molecule has 0 atom stereocenters. The molecule has 0 bridgehead atoms. The highest BCUT2D eigenvalue weighted by atomic mass is 16.5. The second-order valence-corrected chi connectivity index (χ2v) is 21.1. The molecule has 0 fully saturated rings. The smallest absolute Gasteiger partial charge is 0.138 e. The first kappa shape index (κ1) is 32.9. The van der Waals surface area contributed by atoms with Crippen LogP contribution in [0, 0.1) is 41.3 Å². The number of fused-ring (bicyclic) bond motifs is 3. The van der Waals surface area contributed by atoms with Gasteiger partial charge >= 0.3 is 0 Å². The van der Waals surface area contributed by atoms with E-state index in [1.165, 1.54) is 0 Å². The Morgan fingerprint density at radius 2 is 1.03 bits per heavy atom. The number of rotatable bonds is 7. The Balaban J connectivity index is 1.25. The Labute approximate surface area is 415 Å². The summed E-state index contributed by atoms with van der Waals surface area (Å²) in [6, 6.07) is 33.0. The Morgan fingerprint density at radius 1 is 0.493 bits per heavy atom. The third kappa shape index (κ3) is 8.61. The van der Waals surface area contributed by atoms with Crippen LogP contribution in [0.5, 0.6) is 11.5 Å². The van der Waals surface area contributed by atoms with E-state index in [2.05, 4.69) is 26.8 Å². The summed E-state index contributed by atoms with van der Waals surface area (Å²) in [4.78, 5) is 4.88. The van der Waals surface area contributed by atoms with Crippen LogP contribution in [-0.2, 0) is 16.2 Å². The van der Waals surface area contributed by atoms with Gasteiger partial charge in [-0.15, -0.1) is 0 Å². The molecule has 0 unspecified atom stereocenters. The molecule has 340 valence electrons. The zero-order chi connectivity index (χ0) is 57.9. The van der Waals surface area contributed by atoms with Crippen LogP contribution in [0.1, 0.15) is 129 Å². The van der Waals surface area contributed by atoms with Gasteiger partial charge in [0.15, 0.2) is 0 Å². The topological polar surface area (TPSA) is 44.9 Å². The van der Waals surface area contributed by atoms with E-state index in [1.54, 1.807) is 65.7 Å². The fourth-order valence-electron chi connectivity index (χ4n) is 9.20. The normalized spacial score (nSPS) is 15.8. The first-order chi connectivity index (χ1) is 36.4. The SMILES string of the molecule is [2H]C([2H])([2H])c1cc(C(C)(C)C)cc(C)c1-c1ccnc(-n2c3ccccc3c3ccc(Oc4cc(-c5c(C([2H])([2H])[2H])cc(C(C)(C)C)cc5C([2H])([2H])[2H])cc(-n5cc(-c6c(C)cc(C(C)(C)C)cc6C([2H])([2H])[2H])cn5)c4)cc32)c1. The van der Waals surface area contributed by atoms with Gasteiger partial charge in [0.25, 0.3) is 0 Å². The second-order valence-electron chi connectivity index (χ2n) is 21.1. The van der Waals surface area contributed by atoms with Gasteiger partial charge in [-0.25, -0.2) is 9.67 Å². The lowest BCUT2D eigenvalue weighted by Gasteiger charge is -2.23. The molecule has 9 rings (SSSR count). The molecule has 0 spiro atoms. The van der Waals surface area contributed by atoms with Crippen molar-refractivity contribution in [2.24, 2.45) is 0 Å². The lowest BCUT2D eigenvalue weighted by Crippen LogP contribution is -2.12. The maximum absolute atomic E-state index is 8.84. The zero-order valence-corrected chi connectivity index (χ0v) is 40.3. The third-order valence-electron chi connectivity index (χ3n) is 12.9. The van der Waals surface area contributed by atoms with Crippen molar-refractivity contribution in [2.75, 3.05) is 0 Å². The van der Waals surface area contributed by atoms with Gasteiger partial charge in [0.1, 0.15) is 17.3 Å². The van der Waals surface area contributed by atoms with Gasteiger partial charge < -0.3 is 4.74 Å². The van der Waals surface area contributed by atoms with Crippen LogP contribution in [0.4, 0.5) is 0 Å². The number of benzene rings is 6. The Kier molecular flexibility index (Phi) is 8.12. The van der Waals surface area contributed by atoms with Crippen LogP contribution >= 0.6 is 0 Å². The van der Waals surface area contributed by atoms with Crippen LogP contribution < -0.4 is 4.74 Å². The molecule has 9 aromatic rings. The molecule has 0 aliphatic heterocycles. The Bertz CT molecular complexity index is 3820. The summed E-state index contributed by atoms with van der Waals surface area (Å²) < 4.78 is 115. The van der Waals surface area contributed by atoms with E-state index >= 15 is 0 Å². The van der Waals surface area contributed by atoms with Gasteiger partial charge in [-0.1, -0.05) is 117 Å². The molecule has 0 saturated heterocycles. The molecule has 0 radical (unpaired) electrons. The summed E-state index contributed by atoms with van der Waals surface area (Å²) in [6.45, 7) is 11.4. The molecule has 6 aromatic carbocycles. The molecule has 0 aliphatic rings. The molecule has 0 aliphatic carbocycles. The van der Waals surface area contributed by atoms with Crippen molar-refractivity contribution in [1.82, 2.24) is 19.3 Å². The summed E-state index contributed by atoms with van der Waals surface area (Å²) in [7, 11) is 0. The van der Waals surface area contributed by atoms with Crippen molar-refractivity contribution in [1.29, 1.82) is 0 Å². The zero-order valence-electron chi connectivity index (χ0n) is 52.3. The minimum atomic E-state index is -2.75. The predicted molar refractivity (Wildman–Crippen MR) is 283 cm³/mol. The van der Waals surface area contributed by atoms with E-state index < -0.39 is 32.8 Å². The Morgan fingerprint density at radius 3 is 1.61 bits per heavy atom. The van der Waals surface area contributed by atoms with E-state index in [0.29, 0.717) is 45.1 Å². The summed E-state index contributed by atoms with van der Waals surface area (Å²) in [5, 5.41) is 6.58. The van der Waals surface area contributed by atoms with Gasteiger partial charge in [-0.2, -0.15) is 5.10 Å². The number of aromatic nitrogens is 4. The highest BCUT2D eigenvalue weighted by Crippen LogP contribution is 2.41. The van der Waals surface area contributed by atoms with Crippen molar-refractivity contribution < 1.29 is 21.2 Å². The standard InChI is InChI=1S/C62H66N4O/c1-37-24-46(60(7,8)9)25-38(2)57(37)43-22-23-63-56(32-43)66-54-19-17-16-18-52(54)53-21-20-50(34-55(53)66)67-51-31-44(58-39(3)26-47(27-40(58)4)61(10,11)12)30-49(33-51)65-36-45(35-64-65)59-41(5)28-48(29-42(59)6)62(13,14)15/h16-36H,1-15H3/i1D3,3D3,4D3,5D3. The van der Waals surface area contributed by atoms with Crippen LogP contribution in [0.15, 0.2) is 128 Å². The number of para-hydroxylation sites is 1. The van der Waals surface area contributed by atoms with Gasteiger partial charge in [0.05, 0.1) is 22.9 Å². The lowest BCUT2D eigenvalue weighted by molar-refractivity contribution is 0.483. The molecule has 0 amide bonds. The number of ether oxygens (including phenoxy) is 1. The summed E-state index contributed by atoms with van der Waals surface area (Å²) in [5.74, 6) is 1.13. The van der Waals surface area contributed by atoms with Crippen molar-refractivity contribution in [3.63, 3.8) is 0 Å². The monoisotopic (exact) mass is 895 g/mol. The van der Waals surface area contributed by atoms with Crippen LogP contribution in [0.2, 0.25) is 0 Å². The number of hydrogen-bond acceptors (Lipinski definition) is 3. The minimum Gasteiger partial charge on any atom is -0.457 e. The first-order valence-corrected chi connectivity index (χ1v) is 22.8. The molecule has 3 aromatic heterocycles. The highest BCUT2D eigenvalue weighted by molar-refractivity contribution is 6.09. The molecule has 5 heteroatoms. The average Bonchev–Trinajstić information content (AvgIpc) is 3.97. The largest absolute Gasteiger partial charge is 0.457 e. The summed E-state index contributed by atoms with van der Waals surface area (Å²) >= 11 is 0. The molecule has 0 saturated carbocycles. The quantitative estimate of drug-likeness (QED) is 0.160. The van der Waals surface area contributed by atoms with E-state index in [9.17, 15) is 0 Å². The number of aryl methyl sites for hydroxylation is 6. The fraction of sp³-hybridized carbons (Fsp3) is 0.290. The molecule has 67 heavy (non-hydrogen) atoms. The average molecular weight is 895 g/mol. The maximum Gasteiger partial charge on any atom is 0.138 e.